The molecule has 1 amide bonds. The van der Waals surface area contributed by atoms with Gasteiger partial charge in [-0.3, -0.25) is 4.79 Å². The molecule has 1 aliphatic heterocycles. The molecule has 0 spiro atoms. The third kappa shape index (κ3) is 3.18. The van der Waals surface area contributed by atoms with Gasteiger partial charge in [-0.25, -0.2) is 0 Å². The minimum absolute atomic E-state index is 0.291. The second kappa shape index (κ2) is 7.70. The standard InChI is InChI=1S/C24H23NO4/c1-28-19-12-8-9-17(15-19)16-25-21-14-7-6-13-20(21)24(27,22(29-2)23(25)26)18-10-4-3-5-11-18/h3-15,22,27H,16H2,1-2H3. The largest absolute Gasteiger partial charge is 0.497 e. The molecule has 3 aromatic rings. The number of fused-ring (bicyclic) bond motifs is 1. The van der Waals surface area contributed by atoms with Crippen LogP contribution in [0.4, 0.5) is 5.69 Å². The molecule has 3 aromatic carbocycles. The van der Waals surface area contributed by atoms with E-state index in [1.54, 1.807) is 12.0 Å². The van der Waals surface area contributed by atoms with E-state index in [1.807, 2.05) is 78.9 Å². The highest BCUT2D eigenvalue weighted by atomic mass is 16.5. The fourth-order valence-electron chi connectivity index (χ4n) is 4.00. The Morgan fingerprint density at radius 2 is 1.69 bits per heavy atom. The van der Waals surface area contributed by atoms with Crippen molar-refractivity contribution in [2.75, 3.05) is 19.1 Å². The van der Waals surface area contributed by atoms with Crippen LogP contribution in [0.3, 0.4) is 0 Å². The summed E-state index contributed by atoms with van der Waals surface area (Å²) in [6.07, 6.45) is -1.06. The van der Waals surface area contributed by atoms with Crippen molar-refractivity contribution in [1.82, 2.24) is 0 Å². The number of nitrogens with zero attached hydrogens (tertiary/aromatic N) is 1. The van der Waals surface area contributed by atoms with Gasteiger partial charge in [0.15, 0.2) is 11.7 Å². The zero-order chi connectivity index (χ0) is 20.4. The monoisotopic (exact) mass is 389 g/mol. The molecule has 0 saturated heterocycles. The molecule has 0 fully saturated rings. The zero-order valence-electron chi connectivity index (χ0n) is 16.4. The fourth-order valence-corrected chi connectivity index (χ4v) is 4.00. The van der Waals surface area contributed by atoms with E-state index in [4.69, 9.17) is 9.47 Å². The Morgan fingerprint density at radius 1 is 0.966 bits per heavy atom. The predicted molar refractivity (Wildman–Crippen MR) is 111 cm³/mol. The van der Waals surface area contributed by atoms with Crippen LogP contribution < -0.4 is 9.64 Å². The van der Waals surface area contributed by atoms with Gasteiger partial charge in [0.25, 0.3) is 5.91 Å². The number of anilines is 1. The molecule has 148 valence electrons. The lowest BCUT2D eigenvalue weighted by atomic mass is 9.77. The molecule has 0 bridgehead atoms. The number of aliphatic hydroxyl groups is 1. The molecular weight excluding hydrogens is 366 g/mol. The Hall–Kier alpha value is -3.15. The maximum absolute atomic E-state index is 13.5. The van der Waals surface area contributed by atoms with Gasteiger partial charge in [0.1, 0.15) is 5.75 Å². The van der Waals surface area contributed by atoms with E-state index < -0.39 is 11.7 Å². The molecule has 0 radical (unpaired) electrons. The number of carbonyl (C=O) groups is 1. The molecule has 2 atom stereocenters. The minimum atomic E-state index is -1.57. The van der Waals surface area contributed by atoms with Crippen molar-refractivity contribution >= 4 is 11.6 Å². The maximum Gasteiger partial charge on any atom is 0.260 e. The average Bonchev–Trinajstić information content (AvgIpc) is 2.78. The number of benzene rings is 3. The van der Waals surface area contributed by atoms with Crippen molar-refractivity contribution in [3.05, 3.63) is 95.6 Å². The number of para-hydroxylation sites is 1. The van der Waals surface area contributed by atoms with Crippen LogP contribution in [-0.4, -0.2) is 31.3 Å². The van der Waals surface area contributed by atoms with Gasteiger partial charge in [0, 0.05) is 12.7 Å². The third-order valence-corrected chi connectivity index (χ3v) is 5.40. The normalized spacial score (nSPS) is 21.0. The van der Waals surface area contributed by atoms with Crippen LogP contribution >= 0.6 is 0 Å². The SMILES string of the molecule is COc1cccc(CN2C(=O)C(OC)C(O)(c3ccccc3)c3ccccc32)c1. The Labute approximate surface area is 170 Å². The average molecular weight is 389 g/mol. The van der Waals surface area contributed by atoms with Crippen molar-refractivity contribution in [1.29, 1.82) is 0 Å². The molecule has 5 heteroatoms. The Kier molecular flexibility index (Phi) is 5.09. The number of methoxy groups -OCH3 is 2. The molecule has 4 rings (SSSR count). The molecule has 2 unspecified atom stereocenters. The number of ether oxygens (including phenoxy) is 2. The minimum Gasteiger partial charge on any atom is -0.497 e. The lowest BCUT2D eigenvalue weighted by Crippen LogP contribution is -2.57. The number of rotatable bonds is 5. The van der Waals surface area contributed by atoms with Crippen molar-refractivity contribution < 1.29 is 19.4 Å². The van der Waals surface area contributed by atoms with E-state index in [0.717, 1.165) is 11.3 Å². The topological polar surface area (TPSA) is 59.0 Å². The molecule has 5 nitrogen and oxygen atoms in total. The van der Waals surface area contributed by atoms with E-state index in [1.165, 1.54) is 7.11 Å². The second-order valence-electron chi connectivity index (χ2n) is 7.04. The summed E-state index contributed by atoms with van der Waals surface area (Å²) in [6.45, 7) is 0.345. The number of hydrogen-bond donors (Lipinski definition) is 1. The summed E-state index contributed by atoms with van der Waals surface area (Å²) < 4.78 is 10.9. The lowest BCUT2D eigenvalue weighted by molar-refractivity contribution is -0.145. The van der Waals surface area contributed by atoms with E-state index in [-0.39, 0.29) is 5.91 Å². The van der Waals surface area contributed by atoms with Crippen molar-refractivity contribution in [2.24, 2.45) is 0 Å². The highest BCUT2D eigenvalue weighted by Gasteiger charge is 2.52. The molecular formula is C24H23NO4. The first-order valence-electron chi connectivity index (χ1n) is 9.44. The number of carbonyl (C=O) groups excluding carboxylic acids is 1. The molecule has 1 heterocycles. The van der Waals surface area contributed by atoms with Gasteiger partial charge >= 0.3 is 0 Å². The van der Waals surface area contributed by atoms with E-state index in [9.17, 15) is 9.90 Å². The van der Waals surface area contributed by atoms with Gasteiger partial charge in [-0.2, -0.15) is 0 Å². The molecule has 0 saturated carbocycles. The molecule has 1 aliphatic rings. The summed E-state index contributed by atoms with van der Waals surface area (Å²) in [4.78, 5) is 15.1. The smallest absolute Gasteiger partial charge is 0.260 e. The van der Waals surface area contributed by atoms with Crippen LogP contribution in [0.5, 0.6) is 5.75 Å². The zero-order valence-corrected chi connectivity index (χ0v) is 16.4. The molecule has 0 aromatic heterocycles. The summed E-state index contributed by atoms with van der Waals surface area (Å²) in [6, 6.07) is 24.2. The van der Waals surface area contributed by atoms with Gasteiger partial charge in [-0.15, -0.1) is 0 Å². The highest BCUT2D eigenvalue weighted by Crippen LogP contribution is 2.44. The summed E-state index contributed by atoms with van der Waals surface area (Å²) in [5, 5.41) is 11.8. The first-order chi connectivity index (χ1) is 14.1. The highest BCUT2D eigenvalue weighted by molar-refractivity contribution is 6.01. The van der Waals surface area contributed by atoms with Crippen LogP contribution in [0.15, 0.2) is 78.9 Å². The lowest BCUT2D eigenvalue weighted by Gasteiger charge is -2.44. The Balaban J connectivity index is 1.84. The van der Waals surface area contributed by atoms with E-state index >= 15 is 0 Å². The molecule has 1 N–H and O–H groups in total. The first kappa shape index (κ1) is 19.2. The Morgan fingerprint density at radius 3 is 2.41 bits per heavy atom. The van der Waals surface area contributed by atoms with Gasteiger partial charge in [-0.05, 0) is 29.3 Å². The third-order valence-electron chi connectivity index (χ3n) is 5.40. The molecule has 0 aliphatic carbocycles. The van der Waals surface area contributed by atoms with Crippen molar-refractivity contribution in [2.45, 2.75) is 18.2 Å². The van der Waals surface area contributed by atoms with Crippen LogP contribution in [0.25, 0.3) is 0 Å². The van der Waals surface area contributed by atoms with Gasteiger partial charge in [0.2, 0.25) is 0 Å². The number of hydrogen-bond acceptors (Lipinski definition) is 4. The van der Waals surface area contributed by atoms with Gasteiger partial charge < -0.3 is 19.5 Å². The number of amides is 1. The summed E-state index contributed by atoms with van der Waals surface area (Å²) in [5.74, 6) is 0.435. The van der Waals surface area contributed by atoms with Gasteiger partial charge in [-0.1, -0.05) is 60.7 Å². The Bertz CT molecular complexity index is 1020. The van der Waals surface area contributed by atoms with Crippen molar-refractivity contribution in [3.63, 3.8) is 0 Å². The molecule has 29 heavy (non-hydrogen) atoms. The van der Waals surface area contributed by atoms with Crippen LogP contribution in [0.2, 0.25) is 0 Å². The van der Waals surface area contributed by atoms with Crippen LogP contribution in [-0.2, 0) is 21.7 Å². The van der Waals surface area contributed by atoms with Crippen molar-refractivity contribution in [3.8, 4) is 5.75 Å². The maximum atomic E-state index is 13.5. The van der Waals surface area contributed by atoms with Crippen LogP contribution in [0, 0.1) is 0 Å². The van der Waals surface area contributed by atoms with Gasteiger partial charge in [0.05, 0.1) is 19.3 Å². The van der Waals surface area contributed by atoms with E-state index in [0.29, 0.717) is 23.4 Å². The first-order valence-corrected chi connectivity index (χ1v) is 9.44. The summed E-state index contributed by atoms with van der Waals surface area (Å²) in [5.41, 5.74) is 1.27. The summed E-state index contributed by atoms with van der Waals surface area (Å²) in [7, 11) is 3.07. The second-order valence-corrected chi connectivity index (χ2v) is 7.04. The fraction of sp³-hybridized carbons (Fsp3) is 0.208. The summed E-state index contributed by atoms with van der Waals surface area (Å²) >= 11 is 0. The van der Waals surface area contributed by atoms with Crippen LogP contribution in [0.1, 0.15) is 16.7 Å². The predicted octanol–water partition coefficient (Wildman–Crippen LogP) is 3.49. The quantitative estimate of drug-likeness (QED) is 0.726. The van der Waals surface area contributed by atoms with E-state index in [2.05, 4.69) is 0 Å².